The van der Waals surface area contributed by atoms with Crippen LogP contribution in [0.3, 0.4) is 0 Å². The summed E-state index contributed by atoms with van der Waals surface area (Å²) in [7, 11) is 0. The van der Waals surface area contributed by atoms with Crippen molar-refractivity contribution < 1.29 is 13.9 Å². The maximum absolute atomic E-state index is 13.1. The molecule has 1 aliphatic heterocycles. The molecule has 0 aliphatic carbocycles. The Bertz CT molecular complexity index is 684. The fourth-order valence-corrected chi connectivity index (χ4v) is 3.96. The van der Waals surface area contributed by atoms with E-state index in [4.69, 9.17) is 4.74 Å². The number of nitrogens with one attached hydrogen (secondary N) is 1. The largest absolute Gasteiger partial charge is 0.377 e. The van der Waals surface area contributed by atoms with Crippen molar-refractivity contribution in [1.29, 1.82) is 0 Å². The van der Waals surface area contributed by atoms with Crippen LogP contribution in [0.15, 0.2) is 41.8 Å². The van der Waals surface area contributed by atoms with E-state index in [1.54, 1.807) is 23.5 Å². The van der Waals surface area contributed by atoms with Gasteiger partial charge in [-0.15, -0.1) is 11.3 Å². The molecule has 0 spiro atoms. The van der Waals surface area contributed by atoms with E-state index in [1.807, 2.05) is 13.0 Å². The van der Waals surface area contributed by atoms with E-state index in [1.165, 1.54) is 17.0 Å². The summed E-state index contributed by atoms with van der Waals surface area (Å²) >= 11 is 1.70. The van der Waals surface area contributed by atoms with Gasteiger partial charge < -0.3 is 10.1 Å². The van der Waals surface area contributed by atoms with Crippen molar-refractivity contribution in [2.45, 2.75) is 38.5 Å². The first-order chi connectivity index (χ1) is 12.6. The predicted octanol–water partition coefficient (Wildman–Crippen LogP) is 3.75. The van der Waals surface area contributed by atoms with Crippen LogP contribution in [0.5, 0.6) is 0 Å². The zero-order chi connectivity index (χ0) is 18.4. The minimum atomic E-state index is -0.272. The van der Waals surface area contributed by atoms with Crippen molar-refractivity contribution in [2.24, 2.45) is 0 Å². The Morgan fingerprint density at radius 2 is 2.19 bits per heavy atom. The second kappa shape index (κ2) is 9.26. The third-order valence-electron chi connectivity index (χ3n) is 4.56. The van der Waals surface area contributed by atoms with Gasteiger partial charge in [-0.05, 0) is 48.9 Å². The summed E-state index contributed by atoms with van der Waals surface area (Å²) in [6, 6.07) is 10.2. The molecule has 0 saturated carbocycles. The molecule has 1 N–H and O–H groups in total. The molecule has 26 heavy (non-hydrogen) atoms. The molecule has 140 valence electrons. The first-order valence-electron chi connectivity index (χ1n) is 9.01. The number of ether oxygens (including phenoxy) is 1. The Labute approximate surface area is 158 Å². The molecule has 1 aromatic heterocycles. The van der Waals surface area contributed by atoms with E-state index in [0.29, 0.717) is 6.54 Å². The van der Waals surface area contributed by atoms with E-state index in [0.717, 1.165) is 38.1 Å². The molecule has 1 fully saturated rings. The van der Waals surface area contributed by atoms with E-state index < -0.39 is 0 Å². The van der Waals surface area contributed by atoms with Gasteiger partial charge in [-0.2, -0.15) is 0 Å². The molecule has 2 heterocycles. The van der Waals surface area contributed by atoms with Crippen LogP contribution >= 0.6 is 11.3 Å². The van der Waals surface area contributed by atoms with Crippen molar-refractivity contribution in [3.63, 3.8) is 0 Å². The molecule has 2 atom stereocenters. The van der Waals surface area contributed by atoms with E-state index >= 15 is 0 Å². The number of hydrogen-bond donors (Lipinski definition) is 1. The summed E-state index contributed by atoms with van der Waals surface area (Å²) in [4.78, 5) is 15.9. The Morgan fingerprint density at radius 3 is 2.85 bits per heavy atom. The van der Waals surface area contributed by atoms with Crippen molar-refractivity contribution in [3.05, 3.63) is 58.0 Å². The number of hydrogen-bond acceptors (Lipinski definition) is 4. The molecule has 2 aromatic rings. The molecule has 0 radical (unpaired) electrons. The smallest absolute Gasteiger partial charge is 0.234 e. The average molecular weight is 376 g/mol. The van der Waals surface area contributed by atoms with Crippen LogP contribution in [0, 0.1) is 5.82 Å². The van der Waals surface area contributed by atoms with Gasteiger partial charge in [0.05, 0.1) is 18.7 Å². The number of carbonyl (C=O) groups excluding carboxylic acids is 1. The lowest BCUT2D eigenvalue weighted by Crippen LogP contribution is -2.41. The van der Waals surface area contributed by atoms with Crippen LogP contribution < -0.4 is 5.32 Å². The topological polar surface area (TPSA) is 41.6 Å². The van der Waals surface area contributed by atoms with E-state index in [2.05, 4.69) is 21.7 Å². The van der Waals surface area contributed by atoms with Crippen molar-refractivity contribution in [2.75, 3.05) is 19.7 Å². The quantitative estimate of drug-likeness (QED) is 0.763. The van der Waals surface area contributed by atoms with Gasteiger partial charge in [0.15, 0.2) is 0 Å². The standard InChI is InChI=1S/C20H25FN2O2S/c1-15(16-6-8-17(21)9-7-16)22-20(24)14-23(12-18-4-2-10-25-18)13-19-5-3-11-26-19/h3,5-9,11,15,18H,2,4,10,12-14H2,1H3,(H,22,24)/t15-,18-/m0/s1. The highest BCUT2D eigenvalue weighted by molar-refractivity contribution is 7.09. The van der Waals surface area contributed by atoms with Crippen LogP contribution in [0.25, 0.3) is 0 Å². The third-order valence-corrected chi connectivity index (χ3v) is 5.42. The molecule has 3 rings (SSSR count). The molecule has 1 saturated heterocycles. The summed E-state index contributed by atoms with van der Waals surface area (Å²) in [5, 5.41) is 5.06. The minimum Gasteiger partial charge on any atom is -0.377 e. The number of halogens is 1. The summed E-state index contributed by atoms with van der Waals surface area (Å²) in [5.74, 6) is -0.303. The molecule has 1 aliphatic rings. The number of amides is 1. The average Bonchev–Trinajstić information content (AvgIpc) is 3.29. The van der Waals surface area contributed by atoms with Gasteiger partial charge in [-0.25, -0.2) is 4.39 Å². The lowest BCUT2D eigenvalue weighted by molar-refractivity contribution is -0.123. The van der Waals surface area contributed by atoms with Crippen LogP contribution in [0.4, 0.5) is 4.39 Å². The molecule has 6 heteroatoms. The molecular weight excluding hydrogens is 351 g/mol. The van der Waals surface area contributed by atoms with Gasteiger partial charge in [0, 0.05) is 24.6 Å². The fraction of sp³-hybridized carbons (Fsp3) is 0.450. The maximum atomic E-state index is 13.1. The van der Waals surface area contributed by atoms with Crippen LogP contribution in [-0.2, 0) is 16.1 Å². The maximum Gasteiger partial charge on any atom is 0.234 e. The fourth-order valence-electron chi connectivity index (χ4n) is 3.21. The minimum absolute atomic E-state index is 0.0311. The van der Waals surface area contributed by atoms with E-state index in [-0.39, 0.29) is 23.9 Å². The first kappa shape index (κ1) is 19.0. The van der Waals surface area contributed by atoms with Crippen molar-refractivity contribution in [3.8, 4) is 0 Å². The zero-order valence-corrected chi connectivity index (χ0v) is 15.8. The lowest BCUT2D eigenvalue weighted by Gasteiger charge is -2.25. The molecule has 4 nitrogen and oxygen atoms in total. The summed E-state index contributed by atoms with van der Waals surface area (Å²) in [5.41, 5.74) is 0.892. The first-order valence-corrected chi connectivity index (χ1v) is 9.89. The van der Waals surface area contributed by atoms with Crippen molar-refractivity contribution in [1.82, 2.24) is 10.2 Å². The highest BCUT2D eigenvalue weighted by Gasteiger charge is 2.22. The third kappa shape index (κ3) is 5.62. The highest BCUT2D eigenvalue weighted by atomic mass is 32.1. The number of nitrogens with zero attached hydrogens (tertiary/aromatic N) is 1. The summed E-state index contributed by atoms with van der Waals surface area (Å²) in [6.07, 6.45) is 2.34. The van der Waals surface area contributed by atoms with E-state index in [9.17, 15) is 9.18 Å². The van der Waals surface area contributed by atoms with Crippen LogP contribution in [-0.4, -0.2) is 36.6 Å². The van der Waals surface area contributed by atoms with Gasteiger partial charge in [-0.3, -0.25) is 9.69 Å². The number of carbonyl (C=O) groups is 1. The normalized spacial score (nSPS) is 18.2. The number of thiophene rings is 1. The Balaban J connectivity index is 1.57. The zero-order valence-electron chi connectivity index (χ0n) is 15.0. The number of benzene rings is 1. The second-order valence-electron chi connectivity index (χ2n) is 6.72. The highest BCUT2D eigenvalue weighted by Crippen LogP contribution is 2.18. The lowest BCUT2D eigenvalue weighted by atomic mass is 10.1. The van der Waals surface area contributed by atoms with Crippen molar-refractivity contribution >= 4 is 17.2 Å². The monoisotopic (exact) mass is 376 g/mol. The Kier molecular flexibility index (Phi) is 6.77. The Hall–Kier alpha value is -1.76. The van der Waals surface area contributed by atoms with Gasteiger partial charge in [-0.1, -0.05) is 18.2 Å². The molecule has 1 aromatic carbocycles. The van der Waals surface area contributed by atoms with Crippen LogP contribution in [0.2, 0.25) is 0 Å². The predicted molar refractivity (Wildman–Crippen MR) is 102 cm³/mol. The van der Waals surface area contributed by atoms with Crippen LogP contribution in [0.1, 0.15) is 36.2 Å². The van der Waals surface area contributed by atoms with Gasteiger partial charge in [0.2, 0.25) is 5.91 Å². The summed E-state index contributed by atoms with van der Waals surface area (Å²) in [6.45, 7) is 4.55. The molecular formula is C20H25FN2O2S. The SMILES string of the molecule is C[C@H](NC(=O)CN(Cc1cccs1)C[C@@H]1CCCO1)c1ccc(F)cc1. The van der Waals surface area contributed by atoms with Gasteiger partial charge >= 0.3 is 0 Å². The summed E-state index contributed by atoms with van der Waals surface area (Å²) < 4.78 is 18.8. The molecule has 0 bridgehead atoms. The van der Waals surface area contributed by atoms with Gasteiger partial charge in [0.25, 0.3) is 0 Å². The molecule has 1 amide bonds. The second-order valence-corrected chi connectivity index (χ2v) is 7.76. The van der Waals surface area contributed by atoms with Gasteiger partial charge in [0.1, 0.15) is 5.82 Å². The number of rotatable bonds is 8. The Morgan fingerprint density at radius 1 is 1.38 bits per heavy atom. The molecule has 0 unspecified atom stereocenters.